The molecule has 3 aromatic rings. The van der Waals surface area contributed by atoms with Crippen LogP contribution in [0.15, 0.2) is 48.7 Å². The number of halogens is 1. The van der Waals surface area contributed by atoms with Crippen molar-refractivity contribution in [3.05, 3.63) is 65.7 Å². The van der Waals surface area contributed by atoms with Crippen LogP contribution in [0.4, 0.5) is 4.39 Å². The van der Waals surface area contributed by atoms with Crippen LogP contribution in [0, 0.1) is 5.82 Å². The van der Waals surface area contributed by atoms with Crippen LogP contribution in [0.5, 0.6) is 0 Å². The molecule has 1 heterocycles. The lowest BCUT2D eigenvalue weighted by Gasteiger charge is -2.20. The van der Waals surface area contributed by atoms with Crippen LogP contribution in [0.1, 0.15) is 24.2 Å². The number of aromatic nitrogens is 2. The second-order valence-electron chi connectivity index (χ2n) is 4.98. The monoisotopic (exact) mass is 283 g/mol. The second kappa shape index (κ2) is 5.66. The summed E-state index contributed by atoms with van der Waals surface area (Å²) in [7, 11) is 1.91. The Balaban J connectivity index is 2.20. The number of nitrogens with one attached hydrogen (secondary N) is 1. The molecule has 108 valence electrons. The first-order valence-electron chi connectivity index (χ1n) is 7.12. The molecular weight excluding hydrogens is 265 g/mol. The molecule has 1 N–H and O–H groups in total. The lowest BCUT2D eigenvalue weighted by molar-refractivity contribution is 0.564. The van der Waals surface area contributed by atoms with Crippen LogP contribution < -0.4 is 5.32 Å². The van der Waals surface area contributed by atoms with Gasteiger partial charge in [-0.3, -0.25) is 4.68 Å². The van der Waals surface area contributed by atoms with E-state index in [4.69, 9.17) is 0 Å². The lowest BCUT2D eigenvalue weighted by atomic mass is 9.96. The van der Waals surface area contributed by atoms with Crippen LogP contribution in [-0.4, -0.2) is 16.8 Å². The second-order valence-corrected chi connectivity index (χ2v) is 4.98. The summed E-state index contributed by atoms with van der Waals surface area (Å²) < 4.78 is 15.9. The Morgan fingerprint density at radius 3 is 2.62 bits per heavy atom. The van der Waals surface area contributed by atoms with Gasteiger partial charge in [0, 0.05) is 18.1 Å². The summed E-state index contributed by atoms with van der Waals surface area (Å²) in [6.07, 6.45) is 1.80. The molecule has 0 saturated heterocycles. The summed E-state index contributed by atoms with van der Waals surface area (Å²) in [6, 6.07) is 13.0. The Hall–Kier alpha value is -2.20. The molecule has 0 aliphatic rings. The van der Waals surface area contributed by atoms with Crippen molar-refractivity contribution in [1.29, 1.82) is 0 Å². The van der Waals surface area contributed by atoms with Gasteiger partial charge in [-0.15, -0.1) is 0 Å². The van der Waals surface area contributed by atoms with Crippen molar-refractivity contribution >= 4 is 10.8 Å². The summed E-state index contributed by atoms with van der Waals surface area (Å²) in [5, 5.41) is 9.23. The van der Waals surface area contributed by atoms with E-state index in [-0.39, 0.29) is 11.9 Å². The van der Waals surface area contributed by atoms with Gasteiger partial charge >= 0.3 is 0 Å². The number of nitrogens with zero attached hydrogens (tertiary/aromatic N) is 2. The molecule has 0 radical (unpaired) electrons. The van der Waals surface area contributed by atoms with Crippen molar-refractivity contribution in [3.63, 3.8) is 0 Å². The van der Waals surface area contributed by atoms with Gasteiger partial charge in [-0.1, -0.05) is 30.3 Å². The summed E-state index contributed by atoms with van der Waals surface area (Å²) in [4.78, 5) is 0. The smallest absolute Gasteiger partial charge is 0.131 e. The molecule has 0 amide bonds. The zero-order valence-electron chi connectivity index (χ0n) is 12.2. The van der Waals surface area contributed by atoms with Crippen LogP contribution >= 0.6 is 0 Å². The number of rotatable bonds is 4. The van der Waals surface area contributed by atoms with Gasteiger partial charge < -0.3 is 5.32 Å². The highest BCUT2D eigenvalue weighted by atomic mass is 19.1. The third-order valence-corrected chi connectivity index (χ3v) is 3.85. The maximum Gasteiger partial charge on any atom is 0.131 e. The predicted octanol–water partition coefficient (Wildman–Crippen LogP) is 3.50. The third kappa shape index (κ3) is 2.32. The average molecular weight is 283 g/mol. The molecule has 3 rings (SSSR count). The van der Waals surface area contributed by atoms with Crippen LogP contribution in [0.2, 0.25) is 0 Å². The highest BCUT2D eigenvalue weighted by molar-refractivity contribution is 5.87. The van der Waals surface area contributed by atoms with E-state index < -0.39 is 0 Å². The fourth-order valence-corrected chi connectivity index (χ4v) is 2.85. The summed E-state index contributed by atoms with van der Waals surface area (Å²) >= 11 is 0. The van der Waals surface area contributed by atoms with Gasteiger partial charge in [0.05, 0.1) is 11.7 Å². The van der Waals surface area contributed by atoms with E-state index in [1.165, 1.54) is 6.07 Å². The molecular formula is C17H18FN3. The molecule has 4 heteroatoms. The first kappa shape index (κ1) is 13.8. The highest BCUT2D eigenvalue weighted by Gasteiger charge is 2.19. The summed E-state index contributed by atoms with van der Waals surface area (Å²) in [5.74, 6) is -0.187. The van der Waals surface area contributed by atoms with Crippen molar-refractivity contribution in [1.82, 2.24) is 15.1 Å². The quantitative estimate of drug-likeness (QED) is 0.794. The predicted molar refractivity (Wildman–Crippen MR) is 82.7 cm³/mol. The standard InChI is InChI=1S/C17H18FN3/c1-3-21-16(10-11-20-21)17(19-2)14-8-9-15(18)13-7-5-4-6-12(13)14/h4-11,17,19H,3H2,1-2H3. The molecule has 1 atom stereocenters. The van der Waals surface area contributed by atoms with Gasteiger partial charge in [0.1, 0.15) is 5.82 Å². The first-order chi connectivity index (χ1) is 10.3. The number of hydrogen-bond donors (Lipinski definition) is 1. The third-order valence-electron chi connectivity index (χ3n) is 3.85. The van der Waals surface area contributed by atoms with Crippen molar-refractivity contribution in [3.8, 4) is 0 Å². The van der Waals surface area contributed by atoms with E-state index in [1.807, 2.05) is 48.1 Å². The number of fused-ring (bicyclic) bond motifs is 1. The fraction of sp³-hybridized carbons (Fsp3) is 0.235. The van der Waals surface area contributed by atoms with Gasteiger partial charge in [-0.25, -0.2) is 4.39 Å². The van der Waals surface area contributed by atoms with E-state index >= 15 is 0 Å². The molecule has 1 aromatic heterocycles. The van der Waals surface area contributed by atoms with Crippen molar-refractivity contribution in [2.75, 3.05) is 7.05 Å². The Kier molecular flexibility index (Phi) is 3.71. The number of benzene rings is 2. The summed E-state index contributed by atoms with van der Waals surface area (Å²) in [6.45, 7) is 2.87. The molecule has 1 unspecified atom stereocenters. The van der Waals surface area contributed by atoms with Crippen molar-refractivity contribution in [2.24, 2.45) is 0 Å². The molecule has 0 aliphatic heterocycles. The van der Waals surface area contributed by atoms with Crippen molar-refractivity contribution < 1.29 is 4.39 Å². The molecule has 3 nitrogen and oxygen atoms in total. The van der Waals surface area contributed by atoms with Crippen LogP contribution in [0.3, 0.4) is 0 Å². The normalized spacial score (nSPS) is 12.7. The zero-order chi connectivity index (χ0) is 14.8. The van der Waals surface area contributed by atoms with Gasteiger partial charge in [-0.05, 0) is 37.1 Å². The van der Waals surface area contributed by atoms with Gasteiger partial charge in [0.15, 0.2) is 0 Å². The Morgan fingerprint density at radius 2 is 1.90 bits per heavy atom. The minimum atomic E-state index is -0.187. The van der Waals surface area contributed by atoms with E-state index in [1.54, 1.807) is 6.20 Å². The van der Waals surface area contributed by atoms with Gasteiger partial charge in [-0.2, -0.15) is 5.10 Å². The number of hydrogen-bond acceptors (Lipinski definition) is 2. The van der Waals surface area contributed by atoms with Gasteiger partial charge in [0.25, 0.3) is 0 Å². The van der Waals surface area contributed by atoms with E-state index in [0.29, 0.717) is 5.39 Å². The molecule has 0 bridgehead atoms. The van der Waals surface area contributed by atoms with E-state index in [2.05, 4.69) is 17.3 Å². The Bertz CT molecular complexity index is 764. The number of aryl methyl sites for hydroxylation is 1. The molecule has 0 spiro atoms. The summed E-state index contributed by atoms with van der Waals surface area (Å²) in [5.41, 5.74) is 2.14. The minimum absolute atomic E-state index is 0.0158. The molecule has 0 aliphatic carbocycles. The topological polar surface area (TPSA) is 29.9 Å². The lowest BCUT2D eigenvalue weighted by Crippen LogP contribution is -2.21. The molecule has 2 aromatic carbocycles. The highest BCUT2D eigenvalue weighted by Crippen LogP contribution is 2.30. The first-order valence-corrected chi connectivity index (χ1v) is 7.12. The SMILES string of the molecule is CCn1nccc1C(NC)c1ccc(F)c2ccccc12. The molecule has 21 heavy (non-hydrogen) atoms. The Morgan fingerprint density at radius 1 is 1.14 bits per heavy atom. The maximum atomic E-state index is 14.0. The van der Waals surface area contributed by atoms with Gasteiger partial charge in [0.2, 0.25) is 0 Å². The van der Waals surface area contributed by atoms with Crippen LogP contribution in [0.25, 0.3) is 10.8 Å². The van der Waals surface area contributed by atoms with E-state index in [9.17, 15) is 4.39 Å². The largest absolute Gasteiger partial charge is 0.308 e. The molecule has 0 fully saturated rings. The van der Waals surface area contributed by atoms with E-state index in [0.717, 1.165) is 23.2 Å². The fourth-order valence-electron chi connectivity index (χ4n) is 2.85. The Labute approximate surface area is 123 Å². The maximum absolute atomic E-state index is 14.0. The minimum Gasteiger partial charge on any atom is -0.308 e. The van der Waals surface area contributed by atoms with Crippen molar-refractivity contribution in [2.45, 2.75) is 19.5 Å². The zero-order valence-corrected chi connectivity index (χ0v) is 12.2. The molecule has 0 saturated carbocycles. The average Bonchev–Trinajstić information content (AvgIpc) is 2.99. The van der Waals surface area contributed by atoms with Crippen LogP contribution in [-0.2, 0) is 6.54 Å².